The molecular formula is C14H22BrN3O. The molecule has 19 heavy (non-hydrogen) atoms. The Labute approximate surface area is 123 Å². The molecule has 106 valence electrons. The molecule has 1 aromatic rings. The first kappa shape index (κ1) is 14.6. The second kappa shape index (κ2) is 6.55. The minimum atomic E-state index is 0.577. The third-order valence-corrected chi connectivity index (χ3v) is 4.02. The summed E-state index contributed by atoms with van der Waals surface area (Å²) in [5.74, 6) is 2.00. The Morgan fingerprint density at radius 1 is 1.42 bits per heavy atom. The topological polar surface area (TPSA) is 38.2 Å². The highest BCUT2D eigenvalue weighted by Crippen LogP contribution is 2.29. The molecule has 0 aliphatic heterocycles. The van der Waals surface area contributed by atoms with Crippen LogP contribution in [0.15, 0.2) is 10.7 Å². The summed E-state index contributed by atoms with van der Waals surface area (Å²) in [5, 5.41) is 0. The van der Waals surface area contributed by atoms with Gasteiger partial charge in [0.1, 0.15) is 0 Å². The zero-order valence-electron chi connectivity index (χ0n) is 11.9. The Balaban J connectivity index is 2.25. The van der Waals surface area contributed by atoms with Gasteiger partial charge in [-0.1, -0.05) is 26.7 Å². The van der Waals surface area contributed by atoms with Gasteiger partial charge in [0, 0.05) is 12.6 Å². The van der Waals surface area contributed by atoms with Gasteiger partial charge in [-0.25, -0.2) is 4.98 Å². The maximum Gasteiger partial charge on any atom is 0.232 e. The first-order chi connectivity index (χ1) is 9.11. The van der Waals surface area contributed by atoms with E-state index in [2.05, 4.69) is 44.6 Å². The summed E-state index contributed by atoms with van der Waals surface area (Å²) in [6, 6.07) is 0.577. The molecule has 5 heteroatoms. The van der Waals surface area contributed by atoms with Crippen molar-refractivity contribution in [2.45, 2.75) is 45.6 Å². The maximum absolute atomic E-state index is 5.28. The third-order valence-electron chi connectivity index (χ3n) is 3.48. The molecular weight excluding hydrogens is 306 g/mol. The maximum atomic E-state index is 5.28. The molecule has 0 amide bonds. The quantitative estimate of drug-likeness (QED) is 0.827. The van der Waals surface area contributed by atoms with Crippen LogP contribution in [0.4, 0.5) is 5.95 Å². The fourth-order valence-corrected chi connectivity index (χ4v) is 2.98. The molecule has 1 saturated carbocycles. The fourth-order valence-electron chi connectivity index (χ4n) is 2.63. The molecule has 4 nitrogen and oxygen atoms in total. The van der Waals surface area contributed by atoms with Crippen molar-refractivity contribution in [3.63, 3.8) is 0 Å². The summed E-state index contributed by atoms with van der Waals surface area (Å²) in [5.41, 5.74) is 0. The molecule has 0 atom stereocenters. The lowest BCUT2D eigenvalue weighted by Gasteiger charge is -2.30. The van der Waals surface area contributed by atoms with Gasteiger partial charge >= 0.3 is 0 Å². The Morgan fingerprint density at radius 2 is 2.11 bits per heavy atom. The smallest absolute Gasteiger partial charge is 0.232 e. The second-order valence-electron chi connectivity index (χ2n) is 5.51. The molecule has 0 radical (unpaired) electrons. The molecule has 1 aliphatic carbocycles. The molecule has 1 heterocycles. The van der Waals surface area contributed by atoms with Crippen molar-refractivity contribution in [3.8, 4) is 5.88 Å². The van der Waals surface area contributed by atoms with Crippen molar-refractivity contribution in [2.24, 2.45) is 5.92 Å². The molecule has 0 spiro atoms. The van der Waals surface area contributed by atoms with Crippen molar-refractivity contribution >= 4 is 21.9 Å². The highest BCUT2D eigenvalue weighted by Gasteiger charge is 2.25. The van der Waals surface area contributed by atoms with Crippen LogP contribution in [-0.2, 0) is 0 Å². The summed E-state index contributed by atoms with van der Waals surface area (Å²) >= 11 is 3.41. The molecule has 0 aromatic carbocycles. The number of aromatic nitrogens is 2. The van der Waals surface area contributed by atoms with E-state index >= 15 is 0 Å². The minimum absolute atomic E-state index is 0.577. The van der Waals surface area contributed by atoms with E-state index in [1.165, 1.54) is 25.7 Å². The second-order valence-corrected chi connectivity index (χ2v) is 6.37. The van der Waals surface area contributed by atoms with E-state index in [4.69, 9.17) is 4.74 Å². The zero-order valence-corrected chi connectivity index (χ0v) is 13.5. The lowest BCUT2D eigenvalue weighted by Crippen LogP contribution is -2.37. The molecule has 0 unspecified atom stereocenters. The third kappa shape index (κ3) is 3.59. The predicted molar refractivity (Wildman–Crippen MR) is 80.7 cm³/mol. The van der Waals surface area contributed by atoms with Gasteiger partial charge in [0.2, 0.25) is 11.8 Å². The summed E-state index contributed by atoms with van der Waals surface area (Å²) < 4.78 is 6.08. The van der Waals surface area contributed by atoms with Crippen molar-refractivity contribution in [1.82, 2.24) is 9.97 Å². The normalized spacial score (nSPS) is 16.1. The van der Waals surface area contributed by atoms with Crippen molar-refractivity contribution in [2.75, 3.05) is 18.6 Å². The van der Waals surface area contributed by atoms with E-state index in [1.54, 1.807) is 13.3 Å². The Hall–Kier alpha value is -0.840. The average molecular weight is 328 g/mol. The lowest BCUT2D eigenvalue weighted by atomic mass is 10.1. The number of ether oxygens (including phenoxy) is 1. The van der Waals surface area contributed by atoms with Gasteiger partial charge in [-0.2, -0.15) is 4.98 Å². The molecule has 2 rings (SSSR count). The average Bonchev–Trinajstić information content (AvgIpc) is 2.90. The SMILES string of the molecule is COc1nc(N(CC(C)C)C2CCCC2)ncc1Br. The molecule has 1 aromatic heterocycles. The first-order valence-electron chi connectivity index (χ1n) is 6.95. The van der Waals surface area contributed by atoms with Gasteiger partial charge < -0.3 is 9.64 Å². The van der Waals surface area contributed by atoms with Crippen LogP contribution in [0.2, 0.25) is 0 Å². The van der Waals surface area contributed by atoms with Crippen LogP contribution < -0.4 is 9.64 Å². The van der Waals surface area contributed by atoms with Gasteiger partial charge in [-0.3, -0.25) is 0 Å². The van der Waals surface area contributed by atoms with Crippen LogP contribution >= 0.6 is 15.9 Å². The number of nitrogens with zero attached hydrogens (tertiary/aromatic N) is 3. The number of halogens is 1. The molecule has 1 fully saturated rings. The van der Waals surface area contributed by atoms with Gasteiger partial charge in [-0.05, 0) is 34.7 Å². The minimum Gasteiger partial charge on any atom is -0.480 e. The van der Waals surface area contributed by atoms with Crippen LogP contribution in [-0.4, -0.2) is 29.7 Å². The van der Waals surface area contributed by atoms with Gasteiger partial charge in [-0.15, -0.1) is 0 Å². The standard InChI is InChI=1S/C14H22BrN3O/c1-10(2)9-18(11-6-4-5-7-11)14-16-8-12(15)13(17-14)19-3/h8,10-11H,4-7,9H2,1-3H3. The molecule has 1 aliphatic rings. The van der Waals surface area contributed by atoms with Gasteiger partial charge in [0.25, 0.3) is 0 Å². The van der Waals surface area contributed by atoms with Crippen molar-refractivity contribution < 1.29 is 4.74 Å². The van der Waals surface area contributed by atoms with Crippen LogP contribution in [0.3, 0.4) is 0 Å². The van der Waals surface area contributed by atoms with E-state index in [-0.39, 0.29) is 0 Å². The van der Waals surface area contributed by atoms with E-state index in [0.717, 1.165) is 17.0 Å². The number of anilines is 1. The Morgan fingerprint density at radius 3 is 2.68 bits per heavy atom. The van der Waals surface area contributed by atoms with E-state index in [1.807, 2.05) is 0 Å². The van der Waals surface area contributed by atoms with Crippen molar-refractivity contribution in [1.29, 1.82) is 0 Å². The largest absolute Gasteiger partial charge is 0.480 e. The predicted octanol–water partition coefficient (Wildman–Crippen LogP) is 3.65. The first-order valence-corrected chi connectivity index (χ1v) is 7.74. The van der Waals surface area contributed by atoms with E-state index < -0.39 is 0 Å². The summed E-state index contributed by atoms with van der Waals surface area (Å²) in [6.45, 7) is 5.46. The fraction of sp³-hybridized carbons (Fsp3) is 0.714. The summed E-state index contributed by atoms with van der Waals surface area (Å²) in [4.78, 5) is 11.4. The van der Waals surface area contributed by atoms with Crippen LogP contribution in [0.5, 0.6) is 5.88 Å². The number of methoxy groups -OCH3 is 1. The summed E-state index contributed by atoms with van der Waals surface area (Å²) in [6.07, 6.45) is 6.90. The van der Waals surface area contributed by atoms with Crippen molar-refractivity contribution in [3.05, 3.63) is 10.7 Å². The van der Waals surface area contributed by atoms with Crippen LogP contribution in [0.1, 0.15) is 39.5 Å². The highest BCUT2D eigenvalue weighted by molar-refractivity contribution is 9.10. The molecule has 0 N–H and O–H groups in total. The zero-order chi connectivity index (χ0) is 13.8. The van der Waals surface area contributed by atoms with Gasteiger partial charge in [0.15, 0.2) is 0 Å². The number of hydrogen-bond acceptors (Lipinski definition) is 4. The summed E-state index contributed by atoms with van der Waals surface area (Å²) in [7, 11) is 1.64. The van der Waals surface area contributed by atoms with Crippen LogP contribution in [0.25, 0.3) is 0 Å². The van der Waals surface area contributed by atoms with Gasteiger partial charge in [0.05, 0.1) is 17.8 Å². The number of hydrogen-bond donors (Lipinski definition) is 0. The Bertz CT molecular complexity index is 419. The lowest BCUT2D eigenvalue weighted by molar-refractivity contribution is 0.392. The van der Waals surface area contributed by atoms with E-state index in [9.17, 15) is 0 Å². The van der Waals surface area contributed by atoms with Crippen LogP contribution in [0, 0.1) is 5.92 Å². The number of rotatable bonds is 5. The molecule has 0 saturated heterocycles. The van der Waals surface area contributed by atoms with E-state index in [0.29, 0.717) is 17.8 Å². The monoisotopic (exact) mass is 327 g/mol. The highest BCUT2D eigenvalue weighted by atomic mass is 79.9. The molecule has 0 bridgehead atoms. The Kier molecular flexibility index (Phi) is 5.02.